The van der Waals surface area contributed by atoms with Crippen molar-refractivity contribution in [2.75, 3.05) is 52.8 Å². The van der Waals surface area contributed by atoms with E-state index in [1.165, 1.54) is 0 Å². The third-order valence-electron chi connectivity index (χ3n) is 5.00. The van der Waals surface area contributed by atoms with Crippen LogP contribution in [-0.2, 0) is 17.6 Å². The van der Waals surface area contributed by atoms with Crippen molar-refractivity contribution >= 4 is 11.8 Å². The van der Waals surface area contributed by atoms with Gasteiger partial charge in [-0.1, -0.05) is 24.8 Å². The number of ether oxygens (including phenoxy) is 3. The molecule has 0 spiro atoms. The SMILES string of the molecule is CCc1c(Cc2ccc(OC)c(OC)c2)nc(SCCN2CCOCC2)[nH]c1=O. The minimum atomic E-state index is -0.0492. The molecule has 0 atom stereocenters. The molecule has 0 amide bonds. The van der Waals surface area contributed by atoms with Gasteiger partial charge in [0.25, 0.3) is 5.56 Å². The molecule has 0 saturated carbocycles. The van der Waals surface area contributed by atoms with Crippen LogP contribution in [0.1, 0.15) is 23.7 Å². The van der Waals surface area contributed by atoms with Crippen LogP contribution >= 0.6 is 11.8 Å². The number of hydrogen-bond donors (Lipinski definition) is 1. The minimum absolute atomic E-state index is 0.0492. The highest BCUT2D eigenvalue weighted by Gasteiger charge is 2.14. The van der Waals surface area contributed by atoms with Crippen molar-refractivity contribution in [3.8, 4) is 11.5 Å². The van der Waals surface area contributed by atoms with Crippen molar-refractivity contribution in [2.45, 2.75) is 24.9 Å². The fourth-order valence-corrected chi connectivity index (χ4v) is 4.26. The van der Waals surface area contributed by atoms with E-state index in [2.05, 4.69) is 9.88 Å². The second kappa shape index (κ2) is 10.7. The number of nitrogens with one attached hydrogen (secondary N) is 1. The zero-order valence-corrected chi connectivity index (χ0v) is 18.1. The Morgan fingerprint density at radius 3 is 2.66 bits per heavy atom. The number of nitrogens with zero attached hydrogens (tertiary/aromatic N) is 2. The highest BCUT2D eigenvalue weighted by molar-refractivity contribution is 7.99. The summed E-state index contributed by atoms with van der Waals surface area (Å²) in [5.74, 6) is 2.24. The van der Waals surface area contributed by atoms with Crippen molar-refractivity contribution in [2.24, 2.45) is 0 Å². The molecule has 2 heterocycles. The Morgan fingerprint density at radius 2 is 1.97 bits per heavy atom. The van der Waals surface area contributed by atoms with Gasteiger partial charge in [-0.3, -0.25) is 9.69 Å². The van der Waals surface area contributed by atoms with E-state index < -0.39 is 0 Å². The van der Waals surface area contributed by atoms with Gasteiger partial charge >= 0.3 is 0 Å². The molecule has 0 unspecified atom stereocenters. The first-order chi connectivity index (χ1) is 14.1. The number of methoxy groups -OCH3 is 2. The van der Waals surface area contributed by atoms with Gasteiger partial charge in [0.2, 0.25) is 0 Å². The Hall–Kier alpha value is -2.03. The van der Waals surface area contributed by atoms with Gasteiger partial charge in [-0.05, 0) is 24.1 Å². The average Bonchev–Trinajstić information content (AvgIpc) is 2.74. The first kappa shape index (κ1) is 21.7. The second-order valence-corrected chi connectivity index (χ2v) is 7.90. The summed E-state index contributed by atoms with van der Waals surface area (Å²) >= 11 is 1.59. The van der Waals surface area contributed by atoms with Crippen molar-refractivity contribution in [3.05, 3.63) is 45.4 Å². The molecule has 3 rings (SSSR count). The second-order valence-electron chi connectivity index (χ2n) is 6.82. The Kier molecular flexibility index (Phi) is 7.97. The summed E-state index contributed by atoms with van der Waals surface area (Å²) in [5, 5.41) is 0.677. The van der Waals surface area contributed by atoms with Gasteiger partial charge in [0.15, 0.2) is 16.7 Å². The molecule has 1 fully saturated rings. The number of rotatable bonds is 9. The zero-order valence-electron chi connectivity index (χ0n) is 17.3. The summed E-state index contributed by atoms with van der Waals surface area (Å²) in [6, 6.07) is 5.80. The van der Waals surface area contributed by atoms with Gasteiger partial charge in [0.1, 0.15) is 0 Å². The quantitative estimate of drug-likeness (QED) is 0.494. The Morgan fingerprint density at radius 1 is 1.21 bits per heavy atom. The van der Waals surface area contributed by atoms with Crippen LogP contribution in [-0.4, -0.2) is 67.7 Å². The maximum Gasteiger partial charge on any atom is 0.254 e. The fraction of sp³-hybridized carbons (Fsp3) is 0.524. The normalized spacial score (nSPS) is 14.7. The van der Waals surface area contributed by atoms with Gasteiger partial charge in [-0.25, -0.2) is 4.98 Å². The van der Waals surface area contributed by atoms with Crippen LogP contribution in [0.2, 0.25) is 0 Å². The van der Waals surface area contributed by atoms with E-state index in [4.69, 9.17) is 19.2 Å². The average molecular weight is 420 g/mol. The number of aromatic amines is 1. The predicted octanol–water partition coefficient (Wildman–Crippen LogP) is 2.36. The highest BCUT2D eigenvalue weighted by atomic mass is 32.2. The summed E-state index contributed by atoms with van der Waals surface area (Å²) < 4.78 is 16.1. The van der Waals surface area contributed by atoms with Crippen LogP contribution in [0.15, 0.2) is 28.2 Å². The third kappa shape index (κ3) is 5.74. The molecule has 0 radical (unpaired) electrons. The molecular formula is C21H29N3O4S. The van der Waals surface area contributed by atoms with Crippen molar-refractivity contribution in [1.29, 1.82) is 0 Å². The molecule has 1 saturated heterocycles. The van der Waals surface area contributed by atoms with Gasteiger partial charge in [0, 0.05) is 37.4 Å². The fourth-order valence-electron chi connectivity index (χ4n) is 3.38. The van der Waals surface area contributed by atoms with E-state index in [-0.39, 0.29) is 5.56 Å². The summed E-state index contributed by atoms with van der Waals surface area (Å²) in [6.45, 7) is 6.45. The van der Waals surface area contributed by atoms with Crippen LogP contribution in [0.25, 0.3) is 0 Å². The van der Waals surface area contributed by atoms with E-state index in [1.807, 2.05) is 25.1 Å². The standard InChI is InChI=1S/C21H29N3O4S/c1-4-16-17(13-15-5-6-18(26-2)19(14-15)27-3)22-21(23-20(16)25)29-12-9-24-7-10-28-11-8-24/h5-6,14H,4,7-13H2,1-3H3,(H,22,23,25). The number of thioether (sulfide) groups is 1. The first-order valence-corrected chi connectivity index (χ1v) is 10.9. The Labute approximate surface area is 175 Å². The van der Waals surface area contributed by atoms with E-state index >= 15 is 0 Å². The smallest absolute Gasteiger partial charge is 0.254 e. The van der Waals surface area contributed by atoms with E-state index in [1.54, 1.807) is 26.0 Å². The minimum Gasteiger partial charge on any atom is -0.493 e. The largest absolute Gasteiger partial charge is 0.493 e. The van der Waals surface area contributed by atoms with Crippen LogP contribution in [0, 0.1) is 0 Å². The zero-order chi connectivity index (χ0) is 20.6. The van der Waals surface area contributed by atoms with Gasteiger partial charge in [0.05, 0.1) is 33.1 Å². The lowest BCUT2D eigenvalue weighted by Crippen LogP contribution is -2.37. The maximum absolute atomic E-state index is 12.6. The Balaban J connectivity index is 1.74. The van der Waals surface area contributed by atoms with Gasteiger partial charge in [-0.2, -0.15) is 0 Å². The Bertz CT molecular complexity index is 865. The summed E-state index contributed by atoms with van der Waals surface area (Å²) in [5.41, 5.74) is 2.53. The molecule has 1 aliphatic rings. The van der Waals surface area contributed by atoms with Crippen LogP contribution in [0.5, 0.6) is 11.5 Å². The van der Waals surface area contributed by atoms with E-state index in [9.17, 15) is 4.79 Å². The van der Waals surface area contributed by atoms with Crippen molar-refractivity contribution in [1.82, 2.24) is 14.9 Å². The highest BCUT2D eigenvalue weighted by Crippen LogP contribution is 2.28. The molecule has 7 nitrogen and oxygen atoms in total. The summed E-state index contributed by atoms with van der Waals surface area (Å²) in [4.78, 5) is 22.7. The number of morpholine rings is 1. The summed E-state index contributed by atoms with van der Waals surface area (Å²) in [7, 11) is 3.24. The molecule has 2 aromatic rings. The van der Waals surface area contributed by atoms with Crippen LogP contribution in [0.3, 0.4) is 0 Å². The molecular weight excluding hydrogens is 390 g/mol. The van der Waals surface area contributed by atoms with Gasteiger partial charge in [-0.15, -0.1) is 0 Å². The molecule has 1 aliphatic heterocycles. The molecule has 0 aliphatic carbocycles. The topological polar surface area (TPSA) is 76.7 Å². The molecule has 0 bridgehead atoms. The lowest BCUT2D eigenvalue weighted by molar-refractivity contribution is 0.0410. The van der Waals surface area contributed by atoms with E-state index in [0.29, 0.717) is 29.5 Å². The molecule has 1 aromatic heterocycles. The van der Waals surface area contributed by atoms with Crippen LogP contribution in [0.4, 0.5) is 0 Å². The van der Waals surface area contributed by atoms with Crippen molar-refractivity contribution in [3.63, 3.8) is 0 Å². The van der Waals surface area contributed by atoms with Crippen molar-refractivity contribution < 1.29 is 14.2 Å². The molecule has 8 heteroatoms. The number of hydrogen-bond acceptors (Lipinski definition) is 7. The number of H-pyrrole nitrogens is 1. The molecule has 1 aromatic carbocycles. The lowest BCUT2D eigenvalue weighted by atomic mass is 10.0. The first-order valence-electron chi connectivity index (χ1n) is 9.90. The van der Waals surface area contributed by atoms with E-state index in [0.717, 1.165) is 55.4 Å². The number of benzene rings is 1. The molecule has 1 N–H and O–H groups in total. The van der Waals surface area contributed by atoms with Gasteiger partial charge < -0.3 is 19.2 Å². The predicted molar refractivity (Wildman–Crippen MR) is 115 cm³/mol. The third-order valence-corrected chi connectivity index (χ3v) is 5.86. The number of aromatic nitrogens is 2. The molecule has 158 valence electrons. The van der Waals surface area contributed by atoms with Crippen LogP contribution < -0.4 is 15.0 Å². The molecule has 29 heavy (non-hydrogen) atoms. The lowest BCUT2D eigenvalue weighted by Gasteiger charge is -2.26. The maximum atomic E-state index is 12.6. The summed E-state index contributed by atoms with van der Waals surface area (Å²) in [6.07, 6.45) is 1.22. The monoisotopic (exact) mass is 419 g/mol.